The van der Waals surface area contributed by atoms with E-state index >= 15 is 0 Å². The van der Waals surface area contributed by atoms with Crippen LogP contribution in [0.1, 0.15) is 68.1 Å². The Labute approximate surface area is 223 Å². The quantitative estimate of drug-likeness (QED) is 0.292. The Hall–Kier alpha value is -2.22. The molecule has 0 saturated heterocycles. The maximum atomic E-state index is 9.64. The van der Waals surface area contributed by atoms with E-state index in [0.717, 1.165) is 48.4 Å². The zero-order valence-electron chi connectivity index (χ0n) is 20.7. The number of anilines is 1. The average Bonchev–Trinajstić information content (AvgIpc) is 3.26. The molecular formula is C28H37ClN2O4S. The summed E-state index contributed by atoms with van der Waals surface area (Å²) in [6.07, 6.45) is 9.91. The lowest BCUT2D eigenvalue weighted by Crippen LogP contribution is -2.16. The molecule has 0 radical (unpaired) electrons. The summed E-state index contributed by atoms with van der Waals surface area (Å²) in [5.41, 5.74) is 5.25. The summed E-state index contributed by atoms with van der Waals surface area (Å²) in [6.45, 7) is 2.89. The van der Waals surface area contributed by atoms with Crippen LogP contribution in [0.15, 0.2) is 41.3 Å². The van der Waals surface area contributed by atoms with Crippen LogP contribution in [0.4, 0.5) is 5.69 Å². The second-order valence-electron chi connectivity index (χ2n) is 9.33. The maximum absolute atomic E-state index is 9.64. The van der Waals surface area contributed by atoms with Gasteiger partial charge in [0.1, 0.15) is 0 Å². The van der Waals surface area contributed by atoms with E-state index in [9.17, 15) is 9.59 Å². The molecule has 1 saturated carbocycles. The Morgan fingerprint density at radius 3 is 2.19 bits per heavy atom. The molecule has 0 unspecified atom stereocenters. The minimum absolute atomic E-state index is 0.296. The number of fused-ring (bicyclic) bond motifs is 1. The SMILES string of the molecule is Clc1ccc2c(c1NCc1ccc(SC3CCCCCC3)cc1)CCNCC2.O=C(O)CCC(=O)O. The molecule has 2 aliphatic rings. The number of nitrogens with one attached hydrogen (secondary N) is 2. The number of rotatable bonds is 8. The van der Waals surface area contributed by atoms with Gasteiger partial charge < -0.3 is 20.8 Å². The number of carboxylic acids is 2. The van der Waals surface area contributed by atoms with Crippen molar-refractivity contribution in [1.29, 1.82) is 0 Å². The van der Waals surface area contributed by atoms with Gasteiger partial charge in [-0.1, -0.05) is 55.5 Å². The normalized spacial score (nSPS) is 16.0. The van der Waals surface area contributed by atoms with Gasteiger partial charge in [0.15, 0.2) is 0 Å². The fourth-order valence-corrected chi connectivity index (χ4v) is 6.07. The van der Waals surface area contributed by atoms with E-state index in [0.29, 0.717) is 0 Å². The highest BCUT2D eigenvalue weighted by molar-refractivity contribution is 8.00. The molecule has 0 bridgehead atoms. The molecule has 1 heterocycles. The van der Waals surface area contributed by atoms with Crippen molar-refractivity contribution in [3.8, 4) is 0 Å². The molecule has 8 heteroatoms. The van der Waals surface area contributed by atoms with Gasteiger partial charge in [-0.25, -0.2) is 0 Å². The first-order chi connectivity index (χ1) is 17.4. The average molecular weight is 533 g/mol. The molecule has 1 aliphatic heterocycles. The van der Waals surface area contributed by atoms with Crippen LogP contribution in [-0.4, -0.2) is 40.5 Å². The second-order valence-corrected chi connectivity index (χ2v) is 11.1. The van der Waals surface area contributed by atoms with E-state index in [1.165, 1.54) is 60.1 Å². The molecule has 1 aliphatic carbocycles. The standard InChI is InChI=1S/C24H31ClN2S.C4H6O4/c25-23-12-9-19-13-15-26-16-14-22(19)24(23)27-17-18-7-10-21(11-8-18)28-20-5-3-1-2-4-6-20;5-3(6)1-2-4(7)8/h7-12,20,26-27H,1-6,13-17H2;1-2H2,(H,5,6)(H,7,8). The fourth-order valence-electron chi connectivity index (χ4n) is 4.58. The summed E-state index contributed by atoms with van der Waals surface area (Å²) >= 11 is 8.62. The molecule has 0 amide bonds. The lowest BCUT2D eigenvalue weighted by Gasteiger charge is -2.17. The van der Waals surface area contributed by atoms with Gasteiger partial charge in [0.05, 0.1) is 23.6 Å². The van der Waals surface area contributed by atoms with Crippen molar-refractivity contribution in [2.45, 2.75) is 80.9 Å². The Bertz CT molecular complexity index is 978. The van der Waals surface area contributed by atoms with Crippen LogP contribution in [0, 0.1) is 0 Å². The third-order valence-corrected chi connectivity index (χ3v) is 8.20. The molecule has 0 spiro atoms. The van der Waals surface area contributed by atoms with Crippen LogP contribution in [0.3, 0.4) is 0 Å². The highest BCUT2D eigenvalue weighted by Crippen LogP contribution is 2.34. The summed E-state index contributed by atoms with van der Waals surface area (Å²) in [5, 5.41) is 24.5. The van der Waals surface area contributed by atoms with Gasteiger partial charge in [-0.2, -0.15) is 0 Å². The zero-order valence-corrected chi connectivity index (χ0v) is 22.3. The van der Waals surface area contributed by atoms with E-state index in [1.54, 1.807) is 0 Å². The van der Waals surface area contributed by atoms with Crippen molar-refractivity contribution in [3.63, 3.8) is 0 Å². The Balaban J connectivity index is 0.000000392. The number of aliphatic carboxylic acids is 2. The molecule has 196 valence electrons. The Morgan fingerprint density at radius 1 is 0.917 bits per heavy atom. The van der Waals surface area contributed by atoms with Crippen LogP contribution in [0.25, 0.3) is 0 Å². The number of hydrogen-bond acceptors (Lipinski definition) is 5. The summed E-state index contributed by atoms with van der Waals surface area (Å²) < 4.78 is 0. The van der Waals surface area contributed by atoms with Gasteiger partial charge in [0.25, 0.3) is 0 Å². The van der Waals surface area contributed by atoms with Gasteiger partial charge in [-0.3, -0.25) is 9.59 Å². The highest BCUT2D eigenvalue weighted by Gasteiger charge is 2.15. The molecule has 36 heavy (non-hydrogen) atoms. The van der Waals surface area contributed by atoms with Crippen LogP contribution in [-0.2, 0) is 29.0 Å². The van der Waals surface area contributed by atoms with E-state index in [4.69, 9.17) is 21.8 Å². The van der Waals surface area contributed by atoms with Crippen molar-refractivity contribution in [3.05, 3.63) is 58.1 Å². The maximum Gasteiger partial charge on any atom is 0.303 e. The summed E-state index contributed by atoms with van der Waals surface area (Å²) in [4.78, 5) is 20.7. The molecule has 4 rings (SSSR count). The molecular weight excluding hydrogens is 496 g/mol. The van der Waals surface area contributed by atoms with Crippen molar-refractivity contribution < 1.29 is 19.8 Å². The second kappa shape index (κ2) is 15.1. The van der Waals surface area contributed by atoms with Crippen molar-refractivity contribution >= 4 is 41.0 Å². The van der Waals surface area contributed by atoms with Crippen LogP contribution in [0.2, 0.25) is 5.02 Å². The predicted octanol–water partition coefficient (Wildman–Crippen LogP) is 6.39. The Morgan fingerprint density at radius 2 is 1.56 bits per heavy atom. The van der Waals surface area contributed by atoms with Gasteiger partial charge in [0, 0.05) is 16.7 Å². The number of halogens is 1. The van der Waals surface area contributed by atoms with E-state index < -0.39 is 11.9 Å². The molecule has 2 aromatic carbocycles. The number of carbonyl (C=O) groups is 2. The number of benzene rings is 2. The van der Waals surface area contributed by atoms with Gasteiger partial charge in [0.2, 0.25) is 0 Å². The molecule has 6 nitrogen and oxygen atoms in total. The van der Waals surface area contributed by atoms with E-state index in [1.807, 2.05) is 6.07 Å². The molecule has 0 aromatic heterocycles. The number of carboxylic acid groups (broad SMARTS) is 2. The largest absolute Gasteiger partial charge is 0.481 e. The molecule has 2 aromatic rings. The first-order valence-corrected chi connectivity index (χ1v) is 14.1. The van der Waals surface area contributed by atoms with E-state index in [-0.39, 0.29) is 12.8 Å². The summed E-state index contributed by atoms with van der Waals surface area (Å²) in [6, 6.07) is 13.4. The predicted molar refractivity (Wildman–Crippen MR) is 147 cm³/mol. The van der Waals surface area contributed by atoms with Crippen molar-refractivity contribution in [2.24, 2.45) is 0 Å². The third kappa shape index (κ3) is 9.68. The lowest BCUT2D eigenvalue weighted by atomic mass is 10.0. The van der Waals surface area contributed by atoms with Crippen LogP contribution in [0.5, 0.6) is 0 Å². The zero-order chi connectivity index (χ0) is 25.8. The van der Waals surface area contributed by atoms with Gasteiger partial charge in [-0.05, 0) is 73.7 Å². The molecule has 0 atom stereocenters. The first kappa shape index (κ1) is 28.4. The van der Waals surface area contributed by atoms with Crippen molar-refractivity contribution in [1.82, 2.24) is 5.32 Å². The minimum atomic E-state index is -1.08. The minimum Gasteiger partial charge on any atom is -0.481 e. The smallest absolute Gasteiger partial charge is 0.303 e. The Kier molecular flexibility index (Phi) is 11.9. The summed E-state index contributed by atoms with van der Waals surface area (Å²) in [5.74, 6) is -2.15. The molecule has 4 N–H and O–H groups in total. The van der Waals surface area contributed by atoms with Crippen LogP contribution < -0.4 is 10.6 Å². The monoisotopic (exact) mass is 532 g/mol. The lowest BCUT2D eigenvalue weighted by molar-refractivity contribution is -0.143. The third-order valence-electron chi connectivity index (χ3n) is 6.53. The first-order valence-electron chi connectivity index (χ1n) is 12.9. The highest BCUT2D eigenvalue weighted by atomic mass is 35.5. The van der Waals surface area contributed by atoms with Gasteiger partial charge >= 0.3 is 11.9 Å². The topological polar surface area (TPSA) is 98.7 Å². The van der Waals surface area contributed by atoms with Gasteiger partial charge in [-0.15, -0.1) is 11.8 Å². The number of hydrogen-bond donors (Lipinski definition) is 4. The van der Waals surface area contributed by atoms with Crippen molar-refractivity contribution in [2.75, 3.05) is 18.4 Å². The molecule has 1 fully saturated rings. The fraction of sp³-hybridized carbons (Fsp3) is 0.500. The van der Waals surface area contributed by atoms with E-state index in [2.05, 4.69) is 52.7 Å². The summed E-state index contributed by atoms with van der Waals surface area (Å²) in [7, 11) is 0. The number of thioether (sulfide) groups is 1. The van der Waals surface area contributed by atoms with Crippen LogP contribution >= 0.6 is 23.4 Å².